The summed E-state index contributed by atoms with van der Waals surface area (Å²) in [5.41, 5.74) is 0. The zero-order valence-corrected chi connectivity index (χ0v) is 14.3. The average molecular weight is 300 g/mol. The second-order valence-corrected chi connectivity index (χ2v) is 3.74. The number of carbonyl (C=O) groups excluding carboxylic acids is 1. The van der Waals surface area contributed by atoms with Gasteiger partial charge < -0.3 is 28.8 Å². The predicted octanol–water partition coefficient (Wildman–Crippen LogP) is -9.68. The minimum Gasteiger partial charge on any atom is -0.870 e. The minimum atomic E-state index is -5.28. The molecule has 2 atom stereocenters. The molecule has 0 bridgehead atoms. The Balaban J connectivity index is 0. The molecule has 0 aliphatic carbocycles. The van der Waals surface area contributed by atoms with Crippen molar-refractivity contribution >= 4 is 16.4 Å². The fraction of sp³-hybridized carbons (Fsp3) is 0.500. The Kier molecular flexibility index (Phi) is 9.36. The summed E-state index contributed by atoms with van der Waals surface area (Å²) in [5, 5.41) is 28.7. The Morgan fingerprint density at radius 3 is 2.33 bits per heavy atom. The number of cyclic esters (lactones) is 1. The van der Waals surface area contributed by atoms with Gasteiger partial charge in [-0.1, -0.05) is 0 Å². The first-order valence-electron chi connectivity index (χ1n) is 3.82. The van der Waals surface area contributed by atoms with E-state index in [1.807, 2.05) is 0 Å². The zero-order chi connectivity index (χ0) is 12.5. The molecule has 0 fully saturated rings. The summed E-state index contributed by atoms with van der Waals surface area (Å²) in [6.45, 7) is -0.888. The summed E-state index contributed by atoms with van der Waals surface area (Å²) >= 11 is 0. The van der Waals surface area contributed by atoms with Gasteiger partial charge in [-0.15, -0.1) is 0 Å². The van der Waals surface area contributed by atoms with Crippen molar-refractivity contribution in [3.05, 3.63) is 11.5 Å². The van der Waals surface area contributed by atoms with E-state index in [1.165, 1.54) is 0 Å². The van der Waals surface area contributed by atoms with Crippen LogP contribution >= 0.6 is 0 Å². The fourth-order valence-electron chi connectivity index (χ4n) is 0.978. The first-order valence-corrected chi connectivity index (χ1v) is 5.16. The number of esters is 1. The molecule has 2 N–H and O–H groups in total. The molecule has 0 amide bonds. The number of carbonyl (C=O) groups is 1. The van der Waals surface area contributed by atoms with Crippen LogP contribution in [0.3, 0.4) is 0 Å². The molecule has 1 aliphatic rings. The normalized spacial score (nSPS) is 20.6. The third-order valence-corrected chi connectivity index (χ3v) is 1.99. The summed E-state index contributed by atoms with van der Waals surface area (Å²) in [7, 11) is -5.28. The molecule has 0 saturated heterocycles. The average Bonchev–Trinajstić information content (AvgIpc) is 2.42. The topological polar surface area (TPSA) is 156 Å². The van der Waals surface area contributed by atoms with Gasteiger partial charge in [-0.2, -0.15) is 0 Å². The van der Waals surface area contributed by atoms with Crippen LogP contribution < -0.4 is 64.2 Å². The van der Waals surface area contributed by atoms with Crippen LogP contribution in [-0.2, 0) is 24.1 Å². The largest absolute Gasteiger partial charge is 1.00 e. The van der Waals surface area contributed by atoms with Gasteiger partial charge in [0.25, 0.3) is 10.4 Å². The number of hydrogen-bond donors (Lipinski definition) is 2. The van der Waals surface area contributed by atoms with Crippen LogP contribution in [0, 0.1) is 0 Å². The van der Waals surface area contributed by atoms with Crippen molar-refractivity contribution in [1.29, 1.82) is 0 Å². The van der Waals surface area contributed by atoms with Gasteiger partial charge >= 0.3 is 65.1 Å². The molecule has 1 heterocycles. The second-order valence-electron chi connectivity index (χ2n) is 2.76. The molecule has 12 heteroatoms. The van der Waals surface area contributed by atoms with E-state index in [4.69, 9.17) is 10.2 Å². The molecule has 0 aromatic rings. The maximum atomic E-state index is 11.2. The van der Waals surface area contributed by atoms with Gasteiger partial charge in [0.05, 0.1) is 6.61 Å². The van der Waals surface area contributed by atoms with Crippen molar-refractivity contribution in [2.45, 2.75) is 12.2 Å². The van der Waals surface area contributed by atoms with E-state index in [-0.39, 0.29) is 59.1 Å². The molecule has 0 spiro atoms. The van der Waals surface area contributed by atoms with E-state index in [0.717, 1.165) is 0 Å². The number of aliphatic hydroxyl groups excluding tert-OH is 2. The van der Waals surface area contributed by atoms with Crippen LogP contribution in [0.25, 0.3) is 0 Å². The van der Waals surface area contributed by atoms with Gasteiger partial charge in [0.1, 0.15) is 12.2 Å². The molecular weight excluding hydrogens is 294 g/mol. The first-order chi connectivity index (χ1) is 7.26. The van der Waals surface area contributed by atoms with E-state index in [9.17, 15) is 22.9 Å². The molecule has 1 aliphatic heterocycles. The Bertz CT molecular complexity index is 430. The predicted molar refractivity (Wildman–Crippen MR) is 40.8 cm³/mol. The van der Waals surface area contributed by atoms with Crippen molar-refractivity contribution < 1.29 is 101 Å². The molecule has 2 unspecified atom stereocenters. The zero-order valence-electron chi connectivity index (χ0n) is 9.52. The number of hydrogen-bond acceptors (Lipinski definition) is 9. The SMILES string of the molecule is O=C1OC(C(O)CO)C([O-])=C1OS(=O)(=O)[O-].[Na+].[Na+]. The molecule has 0 aromatic heterocycles. The Hall–Kier alpha value is 0.640. The Morgan fingerprint density at radius 2 is 1.94 bits per heavy atom. The Morgan fingerprint density at radius 1 is 1.44 bits per heavy atom. The smallest absolute Gasteiger partial charge is 0.870 e. The molecule has 18 heavy (non-hydrogen) atoms. The van der Waals surface area contributed by atoms with Gasteiger partial charge in [0, 0.05) is 0 Å². The third-order valence-electron chi connectivity index (χ3n) is 1.62. The van der Waals surface area contributed by atoms with Crippen molar-refractivity contribution in [1.82, 2.24) is 0 Å². The van der Waals surface area contributed by atoms with Crippen LogP contribution in [0.4, 0.5) is 0 Å². The monoisotopic (exact) mass is 300 g/mol. The molecule has 0 radical (unpaired) electrons. The van der Waals surface area contributed by atoms with Crippen LogP contribution in [0.5, 0.6) is 0 Å². The summed E-state index contributed by atoms with van der Waals surface area (Å²) in [6, 6.07) is 0. The molecule has 0 saturated carbocycles. The van der Waals surface area contributed by atoms with Crippen LogP contribution in [0.2, 0.25) is 0 Å². The summed E-state index contributed by atoms with van der Waals surface area (Å²) in [4.78, 5) is 10.9. The molecule has 92 valence electrons. The van der Waals surface area contributed by atoms with Gasteiger partial charge in [-0.25, -0.2) is 13.2 Å². The number of aliphatic hydroxyl groups is 2. The molecule has 9 nitrogen and oxygen atoms in total. The van der Waals surface area contributed by atoms with E-state index >= 15 is 0 Å². The number of rotatable bonds is 4. The minimum absolute atomic E-state index is 0. The van der Waals surface area contributed by atoms with E-state index < -0.39 is 46.7 Å². The molecular formula is C6H6Na2O9S. The standard InChI is InChI=1S/C6H8O9S.2Na/c7-1-2(8)4-3(9)5(6(10)14-4)15-16(11,12)13;;/h2,4,7-9H,1H2,(H,11,12,13);;/q;2*+1/p-2. The van der Waals surface area contributed by atoms with Gasteiger partial charge in [0.2, 0.25) is 5.76 Å². The van der Waals surface area contributed by atoms with Gasteiger partial charge in [-0.05, 0) is 5.76 Å². The number of ether oxygens (including phenoxy) is 1. The van der Waals surface area contributed by atoms with Gasteiger partial charge in [0.15, 0.2) is 0 Å². The van der Waals surface area contributed by atoms with Crippen molar-refractivity contribution in [3.8, 4) is 0 Å². The summed E-state index contributed by atoms with van der Waals surface area (Å²) in [5.74, 6) is -4.12. The second kappa shape index (κ2) is 8.04. The van der Waals surface area contributed by atoms with Crippen molar-refractivity contribution in [2.24, 2.45) is 0 Å². The van der Waals surface area contributed by atoms with E-state index in [2.05, 4.69) is 8.92 Å². The maximum Gasteiger partial charge on any atom is 1.00 e. The van der Waals surface area contributed by atoms with Crippen LogP contribution in [0.1, 0.15) is 0 Å². The first kappa shape index (κ1) is 20.9. The van der Waals surface area contributed by atoms with Crippen molar-refractivity contribution in [3.63, 3.8) is 0 Å². The van der Waals surface area contributed by atoms with E-state index in [1.54, 1.807) is 0 Å². The summed E-state index contributed by atoms with van der Waals surface area (Å²) < 4.78 is 38.2. The summed E-state index contributed by atoms with van der Waals surface area (Å²) in [6.07, 6.45) is -3.49. The van der Waals surface area contributed by atoms with Gasteiger partial charge in [-0.3, -0.25) is 0 Å². The van der Waals surface area contributed by atoms with Crippen molar-refractivity contribution in [2.75, 3.05) is 6.61 Å². The maximum absolute atomic E-state index is 11.2. The Labute approximate surface area is 146 Å². The fourth-order valence-corrected chi connectivity index (χ4v) is 1.33. The molecule has 0 aromatic carbocycles. The third kappa shape index (κ3) is 5.33. The molecule has 1 rings (SSSR count). The van der Waals surface area contributed by atoms with Crippen LogP contribution in [0.15, 0.2) is 11.5 Å². The quantitative estimate of drug-likeness (QED) is 0.222. The van der Waals surface area contributed by atoms with E-state index in [0.29, 0.717) is 0 Å². The van der Waals surface area contributed by atoms with Crippen LogP contribution in [-0.4, -0.2) is 48.0 Å².